The fourth-order valence-electron chi connectivity index (χ4n) is 3.21. The highest BCUT2D eigenvalue weighted by molar-refractivity contribution is 9.10. The first-order valence-electron chi connectivity index (χ1n) is 9.30. The summed E-state index contributed by atoms with van der Waals surface area (Å²) in [5.74, 6) is -3.02. The zero-order chi connectivity index (χ0) is 22.0. The van der Waals surface area contributed by atoms with E-state index >= 15 is 0 Å². The van der Waals surface area contributed by atoms with E-state index in [-0.39, 0.29) is 18.8 Å². The van der Waals surface area contributed by atoms with Gasteiger partial charge in [-0.25, -0.2) is 4.79 Å². The Hall–Kier alpha value is -2.13. The molecule has 0 aliphatic carbocycles. The van der Waals surface area contributed by atoms with Gasteiger partial charge < -0.3 is 24.6 Å². The van der Waals surface area contributed by atoms with E-state index in [9.17, 15) is 19.5 Å². The van der Waals surface area contributed by atoms with E-state index in [0.29, 0.717) is 10.2 Å². The minimum atomic E-state index is -2.37. The van der Waals surface area contributed by atoms with E-state index < -0.39 is 41.1 Å². The van der Waals surface area contributed by atoms with E-state index in [2.05, 4.69) is 21.2 Å². The van der Waals surface area contributed by atoms with Crippen LogP contribution in [0.15, 0.2) is 22.7 Å². The van der Waals surface area contributed by atoms with Crippen LogP contribution in [0, 0.1) is 5.41 Å². The summed E-state index contributed by atoms with van der Waals surface area (Å²) in [5.41, 5.74) is -2.62. The van der Waals surface area contributed by atoms with Crippen LogP contribution in [0.4, 0.5) is 5.69 Å². The fraction of sp³-hybridized carbons (Fsp3) is 0.550. The quantitative estimate of drug-likeness (QED) is 0.383. The van der Waals surface area contributed by atoms with Gasteiger partial charge in [0.1, 0.15) is 11.7 Å². The highest BCUT2D eigenvalue weighted by Crippen LogP contribution is 2.48. The van der Waals surface area contributed by atoms with Crippen LogP contribution in [0.1, 0.15) is 46.3 Å². The second-order valence-electron chi connectivity index (χ2n) is 7.55. The molecule has 1 aliphatic heterocycles. The Kier molecular flexibility index (Phi) is 6.95. The number of hydrogen-bond donors (Lipinski definition) is 2. The Morgan fingerprint density at radius 2 is 1.69 bits per heavy atom. The van der Waals surface area contributed by atoms with Gasteiger partial charge in [0.25, 0.3) is 0 Å². The summed E-state index contributed by atoms with van der Waals surface area (Å²) in [7, 11) is 0. The molecule has 9 heteroatoms. The van der Waals surface area contributed by atoms with Crippen molar-refractivity contribution in [3.8, 4) is 0 Å². The van der Waals surface area contributed by atoms with E-state index in [1.807, 2.05) is 0 Å². The van der Waals surface area contributed by atoms with Crippen molar-refractivity contribution in [3.63, 3.8) is 0 Å². The predicted molar refractivity (Wildman–Crippen MR) is 108 cm³/mol. The number of carbonyl (C=O) groups excluding carboxylic acids is 3. The zero-order valence-corrected chi connectivity index (χ0v) is 18.7. The van der Waals surface area contributed by atoms with Crippen LogP contribution >= 0.6 is 15.9 Å². The molecule has 2 rings (SSSR count). The van der Waals surface area contributed by atoms with Crippen LogP contribution in [-0.4, -0.2) is 47.9 Å². The minimum absolute atomic E-state index is 0.0565. The SMILES string of the molecule is CCOC(=O)C1(C(=O)OCC)[C@@H](C(=O)OC(C)(C)C)Nc2ccc(Br)cc2[C@H]1O. The summed E-state index contributed by atoms with van der Waals surface area (Å²) >= 11 is 3.31. The summed E-state index contributed by atoms with van der Waals surface area (Å²) in [6.45, 7) is 7.99. The summed E-state index contributed by atoms with van der Waals surface area (Å²) in [5, 5.41) is 14.1. The Labute approximate surface area is 178 Å². The lowest BCUT2D eigenvalue weighted by Gasteiger charge is -2.43. The van der Waals surface area contributed by atoms with E-state index in [1.165, 1.54) is 0 Å². The number of esters is 3. The predicted octanol–water partition coefficient (Wildman–Crippen LogP) is 2.73. The van der Waals surface area contributed by atoms with Crippen LogP contribution < -0.4 is 5.32 Å². The van der Waals surface area contributed by atoms with Crippen LogP contribution in [0.5, 0.6) is 0 Å². The highest BCUT2D eigenvalue weighted by Gasteiger charge is 2.66. The van der Waals surface area contributed by atoms with Gasteiger partial charge in [-0.1, -0.05) is 15.9 Å². The second kappa shape index (κ2) is 8.71. The largest absolute Gasteiger partial charge is 0.465 e. The van der Waals surface area contributed by atoms with Gasteiger partial charge >= 0.3 is 17.9 Å². The number of ether oxygens (including phenoxy) is 3. The lowest BCUT2D eigenvalue weighted by Crippen LogP contribution is -2.63. The maximum atomic E-state index is 13.1. The first kappa shape index (κ1) is 23.2. The number of halogens is 1. The van der Waals surface area contributed by atoms with E-state index in [4.69, 9.17) is 14.2 Å². The fourth-order valence-corrected chi connectivity index (χ4v) is 3.59. The molecule has 1 aliphatic rings. The molecule has 0 unspecified atom stereocenters. The number of anilines is 1. The molecule has 0 aromatic heterocycles. The molecule has 0 bridgehead atoms. The number of aliphatic hydroxyl groups is 1. The highest BCUT2D eigenvalue weighted by atomic mass is 79.9. The van der Waals surface area contributed by atoms with Gasteiger partial charge in [0, 0.05) is 15.7 Å². The topological polar surface area (TPSA) is 111 Å². The molecular weight excluding hydrogens is 446 g/mol. The van der Waals surface area contributed by atoms with Crippen LogP contribution in [0.25, 0.3) is 0 Å². The van der Waals surface area contributed by atoms with Gasteiger partial charge in [0.2, 0.25) is 5.41 Å². The number of aliphatic hydroxyl groups excluding tert-OH is 1. The molecule has 0 spiro atoms. The zero-order valence-electron chi connectivity index (χ0n) is 17.1. The molecule has 29 heavy (non-hydrogen) atoms. The van der Waals surface area contributed by atoms with Crippen molar-refractivity contribution in [2.24, 2.45) is 5.41 Å². The molecule has 2 atom stereocenters. The van der Waals surface area contributed by atoms with E-state index in [1.54, 1.807) is 52.8 Å². The lowest BCUT2D eigenvalue weighted by atomic mass is 9.69. The van der Waals surface area contributed by atoms with E-state index in [0.717, 1.165) is 0 Å². The third-order valence-corrected chi connectivity index (χ3v) is 4.86. The van der Waals surface area contributed by atoms with Crippen molar-refractivity contribution in [1.82, 2.24) is 0 Å². The van der Waals surface area contributed by atoms with Gasteiger partial charge in [-0.3, -0.25) is 9.59 Å². The standard InChI is InChI=1S/C20H26BrNO7/c1-6-27-17(25)20(18(26)28-7-2)14(16(24)29-19(3,4)5)22-13-9-8-11(21)10-12(13)15(20)23/h8-10,14-15,22-23H,6-7H2,1-5H3/t14-,15-/m1/s1. The normalized spacial score (nSPS) is 20.1. The molecule has 0 saturated carbocycles. The van der Waals surface area contributed by atoms with Crippen molar-refractivity contribution in [1.29, 1.82) is 0 Å². The molecule has 1 aromatic rings. The summed E-state index contributed by atoms with van der Waals surface area (Å²) in [6.07, 6.45) is -1.70. The van der Waals surface area contributed by atoms with Gasteiger partial charge in [0.05, 0.1) is 13.2 Å². The maximum absolute atomic E-state index is 13.1. The molecule has 0 radical (unpaired) electrons. The molecule has 0 fully saturated rings. The van der Waals surface area contributed by atoms with Crippen molar-refractivity contribution < 1.29 is 33.7 Å². The van der Waals surface area contributed by atoms with Crippen molar-refractivity contribution in [2.75, 3.05) is 18.5 Å². The van der Waals surface area contributed by atoms with Gasteiger partial charge in [0.15, 0.2) is 6.04 Å². The second-order valence-corrected chi connectivity index (χ2v) is 8.47. The molecule has 160 valence electrons. The van der Waals surface area contributed by atoms with Gasteiger partial charge in [-0.05, 0) is 52.8 Å². The monoisotopic (exact) mass is 471 g/mol. The van der Waals surface area contributed by atoms with Crippen molar-refractivity contribution in [3.05, 3.63) is 28.2 Å². The first-order chi connectivity index (χ1) is 13.5. The summed E-state index contributed by atoms with van der Waals surface area (Å²) in [6, 6.07) is 3.33. The van der Waals surface area contributed by atoms with Crippen molar-refractivity contribution in [2.45, 2.75) is 52.4 Å². The number of fused-ring (bicyclic) bond motifs is 1. The summed E-state index contributed by atoms with van der Waals surface area (Å²) < 4.78 is 16.3. The van der Waals surface area contributed by atoms with Gasteiger partial charge in [-0.2, -0.15) is 0 Å². The number of hydrogen-bond acceptors (Lipinski definition) is 8. The summed E-state index contributed by atoms with van der Waals surface area (Å²) in [4.78, 5) is 39.2. The van der Waals surface area contributed by atoms with Crippen molar-refractivity contribution >= 4 is 39.5 Å². The first-order valence-corrected chi connectivity index (χ1v) is 10.1. The third kappa shape index (κ3) is 4.40. The molecule has 1 aromatic carbocycles. The van der Waals surface area contributed by atoms with Crippen LogP contribution in [0.3, 0.4) is 0 Å². The molecule has 8 nitrogen and oxygen atoms in total. The third-order valence-electron chi connectivity index (χ3n) is 4.36. The molecule has 0 saturated heterocycles. The van der Waals surface area contributed by atoms with Crippen LogP contribution in [-0.2, 0) is 28.6 Å². The Balaban J connectivity index is 2.73. The van der Waals surface area contributed by atoms with Crippen LogP contribution in [0.2, 0.25) is 0 Å². The number of rotatable bonds is 5. The molecular formula is C20H26BrNO7. The Morgan fingerprint density at radius 1 is 1.14 bits per heavy atom. The Morgan fingerprint density at radius 3 is 2.17 bits per heavy atom. The molecule has 0 amide bonds. The average molecular weight is 472 g/mol. The van der Waals surface area contributed by atoms with Gasteiger partial charge in [-0.15, -0.1) is 0 Å². The average Bonchev–Trinajstić information content (AvgIpc) is 2.61. The lowest BCUT2D eigenvalue weighted by molar-refractivity contribution is -0.191. The minimum Gasteiger partial charge on any atom is -0.465 e. The number of carbonyl (C=O) groups is 3. The number of benzene rings is 1. The molecule has 2 N–H and O–H groups in total. The smallest absolute Gasteiger partial charge is 0.331 e. The maximum Gasteiger partial charge on any atom is 0.331 e. The number of nitrogens with one attached hydrogen (secondary N) is 1. The Bertz CT molecular complexity index is 785. The molecule has 1 heterocycles.